The Labute approximate surface area is 106 Å². The van der Waals surface area contributed by atoms with Crippen LogP contribution in [0.25, 0.3) is 0 Å². The van der Waals surface area contributed by atoms with Gasteiger partial charge in [-0.15, -0.1) is 0 Å². The molecule has 100 valence electrons. The summed E-state index contributed by atoms with van der Waals surface area (Å²) in [5.74, 6) is 2.12. The summed E-state index contributed by atoms with van der Waals surface area (Å²) in [6.45, 7) is 3.88. The maximum Gasteiger partial charge on any atom is 0.229 e. The second kappa shape index (κ2) is 5.34. The van der Waals surface area contributed by atoms with Crippen LogP contribution in [0, 0.1) is 0 Å². The number of methoxy groups -OCH3 is 1. The van der Waals surface area contributed by atoms with Crippen LogP contribution < -0.4 is 0 Å². The monoisotopic (exact) mass is 253 g/mol. The molecule has 0 unspecified atom stereocenters. The predicted molar refractivity (Wildman–Crippen MR) is 63.2 cm³/mol. The van der Waals surface area contributed by atoms with Gasteiger partial charge >= 0.3 is 0 Å². The van der Waals surface area contributed by atoms with Gasteiger partial charge in [-0.3, -0.25) is 4.90 Å². The summed E-state index contributed by atoms with van der Waals surface area (Å²) in [4.78, 5) is 6.73. The number of aromatic nitrogens is 2. The fourth-order valence-corrected chi connectivity index (χ4v) is 2.24. The third-order valence-electron chi connectivity index (χ3n) is 3.35. The van der Waals surface area contributed by atoms with Crippen LogP contribution in [-0.2, 0) is 16.0 Å². The highest BCUT2D eigenvalue weighted by Crippen LogP contribution is 2.38. The third kappa shape index (κ3) is 2.88. The molecule has 0 amide bonds. The van der Waals surface area contributed by atoms with Crippen molar-refractivity contribution in [2.45, 2.75) is 31.4 Å². The molecule has 3 rings (SSSR count). The van der Waals surface area contributed by atoms with Crippen LogP contribution in [0.15, 0.2) is 4.52 Å². The van der Waals surface area contributed by atoms with Crippen LogP contribution >= 0.6 is 0 Å². The second-order valence-electron chi connectivity index (χ2n) is 5.01. The minimum Gasteiger partial charge on any atom is -0.382 e. The summed E-state index contributed by atoms with van der Waals surface area (Å²) in [5, 5.41) is 4.04. The van der Waals surface area contributed by atoms with Gasteiger partial charge in [0.15, 0.2) is 5.82 Å². The van der Waals surface area contributed by atoms with E-state index < -0.39 is 0 Å². The molecule has 0 spiro atoms. The Morgan fingerprint density at radius 3 is 3.11 bits per heavy atom. The van der Waals surface area contributed by atoms with Crippen molar-refractivity contribution in [2.75, 3.05) is 33.4 Å². The predicted octanol–water partition coefficient (Wildman–Crippen LogP) is 0.794. The van der Waals surface area contributed by atoms with Gasteiger partial charge in [0.2, 0.25) is 5.89 Å². The average Bonchev–Trinajstić information content (AvgIpc) is 3.12. The quantitative estimate of drug-likeness (QED) is 0.773. The molecule has 1 aliphatic carbocycles. The van der Waals surface area contributed by atoms with Crippen molar-refractivity contribution in [3.8, 4) is 0 Å². The van der Waals surface area contributed by atoms with E-state index in [0.29, 0.717) is 12.5 Å². The molecule has 1 aliphatic heterocycles. The SMILES string of the molecule is COC[C@H]1CN(Cc2noc(C3CC3)n2)CCO1. The summed E-state index contributed by atoms with van der Waals surface area (Å²) < 4.78 is 16.0. The molecule has 1 saturated carbocycles. The van der Waals surface area contributed by atoms with Crippen LogP contribution in [0.2, 0.25) is 0 Å². The average molecular weight is 253 g/mol. The molecule has 18 heavy (non-hydrogen) atoms. The molecular weight excluding hydrogens is 234 g/mol. The van der Waals surface area contributed by atoms with Crippen molar-refractivity contribution in [3.63, 3.8) is 0 Å². The highest BCUT2D eigenvalue weighted by Gasteiger charge is 2.30. The van der Waals surface area contributed by atoms with E-state index in [9.17, 15) is 0 Å². The molecule has 6 heteroatoms. The van der Waals surface area contributed by atoms with Crippen LogP contribution in [0.5, 0.6) is 0 Å². The Kier molecular flexibility index (Phi) is 3.58. The van der Waals surface area contributed by atoms with Crippen molar-refractivity contribution in [3.05, 3.63) is 11.7 Å². The van der Waals surface area contributed by atoms with E-state index in [1.54, 1.807) is 7.11 Å². The van der Waals surface area contributed by atoms with Crippen molar-refractivity contribution in [1.82, 2.24) is 15.0 Å². The molecule has 1 aromatic rings. The van der Waals surface area contributed by atoms with Gasteiger partial charge in [0.05, 0.1) is 25.9 Å². The van der Waals surface area contributed by atoms with Crippen LogP contribution in [-0.4, -0.2) is 54.6 Å². The first-order valence-corrected chi connectivity index (χ1v) is 6.50. The van der Waals surface area contributed by atoms with Gasteiger partial charge in [-0.25, -0.2) is 0 Å². The topological polar surface area (TPSA) is 60.6 Å². The lowest BCUT2D eigenvalue weighted by Gasteiger charge is -2.31. The molecule has 6 nitrogen and oxygen atoms in total. The van der Waals surface area contributed by atoms with Crippen molar-refractivity contribution in [2.24, 2.45) is 0 Å². The Morgan fingerprint density at radius 1 is 1.44 bits per heavy atom. The summed E-state index contributed by atoms with van der Waals surface area (Å²) in [6.07, 6.45) is 2.53. The molecule has 2 heterocycles. The largest absolute Gasteiger partial charge is 0.382 e. The van der Waals surface area contributed by atoms with E-state index in [4.69, 9.17) is 14.0 Å². The molecule has 0 radical (unpaired) electrons. The maximum absolute atomic E-state index is 5.61. The van der Waals surface area contributed by atoms with Crippen molar-refractivity contribution < 1.29 is 14.0 Å². The van der Waals surface area contributed by atoms with Gasteiger partial charge in [0, 0.05) is 26.1 Å². The maximum atomic E-state index is 5.61. The lowest BCUT2D eigenvalue weighted by Crippen LogP contribution is -2.43. The van der Waals surface area contributed by atoms with Crippen LogP contribution in [0.1, 0.15) is 30.5 Å². The number of hydrogen-bond acceptors (Lipinski definition) is 6. The molecular formula is C12H19N3O3. The van der Waals surface area contributed by atoms with Crippen molar-refractivity contribution >= 4 is 0 Å². The Morgan fingerprint density at radius 2 is 2.33 bits per heavy atom. The summed E-state index contributed by atoms with van der Waals surface area (Å²) in [7, 11) is 1.70. The Hall–Kier alpha value is -0.980. The third-order valence-corrected chi connectivity index (χ3v) is 3.35. The minimum atomic E-state index is 0.151. The highest BCUT2D eigenvalue weighted by molar-refractivity contribution is 5.01. The number of morpholine rings is 1. The van der Waals surface area contributed by atoms with Crippen LogP contribution in [0.4, 0.5) is 0 Å². The minimum absolute atomic E-state index is 0.151. The molecule has 2 fully saturated rings. The molecule has 1 atom stereocenters. The van der Waals surface area contributed by atoms with E-state index >= 15 is 0 Å². The number of hydrogen-bond donors (Lipinski definition) is 0. The van der Waals surface area contributed by atoms with Gasteiger partial charge in [-0.2, -0.15) is 4.98 Å². The fourth-order valence-electron chi connectivity index (χ4n) is 2.24. The normalized spacial score (nSPS) is 25.5. The Balaban J connectivity index is 1.54. The zero-order chi connectivity index (χ0) is 12.4. The number of nitrogens with zero attached hydrogens (tertiary/aromatic N) is 3. The second-order valence-corrected chi connectivity index (χ2v) is 5.01. The fraction of sp³-hybridized carbons (Fsp3) is 0.833. The van der Waals surface area contributed by atoms with E-state index in [1.165, 1.54) is 12.8 Å². The summed E-state index contributed by atoms with van der Waals surface area (Å²) in [6, 6.07) is 0. The van der Waals surface area contributed by atoms with Crippen molar-refractivity contribution in [1.29, 1.82) is 0 Å². The Bertz CT molecular complexity index is 390. The first-order chi connectivity index (χ1) is 8.85. The lowest BCUT2D eigenvalue weighted by atomic mass is 10.3. The van der Waals surface area contributed by atoms with Gasteiger partial charge in [0.1, 0.15) is 0 Å². The summed E-state index contributed by atoms with van der Waals surface area (Å²) in [5.41, 5.74) is 0. The molecule has 2 aliphatic rings. The van der Waals surface area contributed by atoms with Gasteiger partial charge in [-0.05, 0) is 12.8 Å². The first kappa shape index (κ1) is 12.1. The van der Waals surface area contributed by atoms with Gasteiger partial charge in [-0.1, -0.05) is 5.16 Å². The lowest BCUT2D eigenvalue weighted by molar-refractivity contribution is -0.0637. The molecule has 1 saturated heterocycles. The number of ether oxygens (including phenoxy) is 2. The van der Waals surface area contributed by atoms with Crippen LogP contribution in [0.3, 0.4) is 0 Å². The molecule has 0 N–H and O–H groups in total. The molecule has 0 bridgehead atoms. The zero-order valence-corrected chi connectivity index (χ0v) is 10.7. The van der Waals surface area contributed by atoms with Gasteiger partial charge < -0.3 is 14.0 Å². The molecule has 1 aromatic heterocycles. The standard InChI is InChI=1S/C12H19N3O3/c1-16-8-10-6-15(4-5-17-10)7-11-13-12(18-14-11)9-2-3-9/h9-10H,2-8H2,1H3/t10-/m1/s1. The van der Waals surface area contributed by atoms with E-state index in [-0.39, 0.29) is 6.10 Å². The van der Waals surface area contributed by atoms with E-state index in [2.05, 4.69) is 15.0 Å². The van der Waals surface area contributed by atoms with E-state index in [1.807, 2.05) is 0 Å². The molecule has 0 aromatic carbocycles. The van der Waals surface area contributed by atoms with E-state index in [0.717, 1.165) is 38.0 Å². The van der Waals surface area contributed by atoms with Gasteiger partial charge in [0.25, 0.3) is 0 Å². The smallest absolute Gasteiger partial charge is 0.229 e. The number of rotatable bonds is 5. The summed E-state index contributed by atoms with van der Waals surface area (Å²) >= 11 is 0. The first-order valence-electron chi connectivity index (χ1n) is 6.50. The highest BCUT2D eigenvalue weighted by atomic mass is 16.5. The zero-order valence-electron chi connectivity index (χ0n) is 10.7.